The minimum Gasteiger partial charge on any atom is -0.493 e. The number of nitrogens with zero attached hydrogens (tertiary/aromatic N) is 2. The van der Waals surface area contributed by atoms with Crippen LogP contribution in [0.3, 0.4) is 0 Å². The van der Waals surface area contributed by atoms with Crippen LogP contribution < -0.4 is 19.7 Å². The summed E-state index contributed by atoms with van der Waals surface area (Å²) in [6.07, 6.45) is -0.966. The third-order valence-corrected chi connectivity index (χ3v) is 7.33. The van der Waals surface area contributed by atoms with E-state index < -0.39 is 59.5 Å². The summed E-state index contributed by atoms with van der Waals surface area (Å²) in [5, 5.41) is 21.7. The molecule has 0 saturated carbocycles. The standard InChI is InChI=1S/C35H35N3O12/c1-35(2,3)50-34(47)36-26(31(42)43)17-18-48-24-15-11-23(12-16-24)38(28(40)20-39)27-19-37(30(27)41)29(32(44)45)21-9-13-25(14-10-21)49-33(46)22-7-5-4-6-8-22/h4-16,20,26-27,29H,17-19H2,1-3H3,(H,36,47)(H,42,43)(H,44,45). The molecule has 3 N–H and O–H groups in total. The van der Waals surface area contributed by atoms with E-state index in [1.54, 1.807) is 51.1 Å². The van der Waals surface area contributed by atoms with Crippen LogP contribution in [-0.4, -0.2) is 88.1 Å². The molecular formula is C35H35N3O12. The van der Waals surface area contributed by atoms with Crippen LogP contribution in [0.15, 0.2) is 78.9 Å². The molecule has 15 nitrogen and oxygen atoms in total. The molecule has 0 aromatic heterocycles. The monoisotopic (exact) mass is 689 g/mol. The van der Waals surface area contributed by atoms with E-state index in [4.69, 9.17) is 14.2 Å². The first-order chi connectivity index (χ1) is 23.7. The Kier molecular flexibility index (Phi) is 11.5. The average Bonchev–Trinajstić information content (AvgIpc) is 3.07. The lowest BCUT2D eigenvalue weighted by atomic mass is 9.96. The van der Waals surface area contributed by atoms with Gasteiger partial charge >= 0.3 is 24.0 Å². The van der Waals surface area contributed by atoms with E-state index in [1.165, 1.54) is 48.5 Å². The Hall–Kier alpha value is -6.25. The van der Waals surface area contributed by atoms with E-state index in [0.29, 0.717) is 5.56 Å². The lowest BCUT2D eigenvalue weighted by Crippen LogP contribution is -2.67. The van der Waals surface area contributed by atoms with Gasteiger partial charge in [-0.15, -0.1) is 0 Å². The number of carbonyl (C=O) groups is 7. The fraction of sp³-hybridized carbons (Fsp3) is 0.286. The molecule has 3 unspecified atom stereocenters. The zero-order chi connectivity index (χ0) is 36.6. The van der Waals surface area contributed by atoms with E-state index in [0.717, 1.165) is 9.80 Å². The number of hydrogen-bond acceptors (Lipinski definition) is 10. The molecule has 3 aromatic rings. The van der Waals surface area contributed by atoms with E-state index >= 15 is 0 Å². The number of anilines is 1. The number of aliphatic carboxylic acids is 2. The van der Waals surface area contributed by atoms with Gasteiger partial charge in [-0.1, -0.05) is 30.3 Å². The van der Waals surface area contributed by atoms with Crippen molar-refractivity contribution in [1.82, 2.24) is 10.2 Å². The van der Waals surface area contributed by atoms with Crippen LogP contribution in [0.5, 0.6) is 11.5 Å². The Morgan fingerprint density at radius 2 is 1.54 bits per heavy atom. The summed E-state index contributed by atoms with van der Waals surface area (Å²) in [5.74, 6) is -4.56. The van der Waals surface area contributed by atoms with Gasteiger partial charge in [-0.05, 0) is 74.9 Å². The molecule has 1 aliphatic rings. The maximum atomic E-state index is 13.3. The van der Waals surface area contributed by atoms with Crippen LogP contribution >= 0.6 is 0 Å². The van der Waals surface area contributed by atoms with Gasteiger partial charge in [0.05, 0.1) is 18.7 Å². The number of ether oxygens (including phenoxy) is 3. The number of hydrogen-bond donors (Lipinski definition) is 3. The average molecular weight is 690 g/mol. The molecule has 1 aliphatic heterocycles. The smallest absolute Gasteiger partial charge is 0.408 e. The second kappa shape index (κ2) is 15.8. The Labute approximate surface area is 286 Å². The first kappa shape index (κ1) is 36.6. The number of carboxylic acid groups (broad SMARTS) is 2. The summed E-state index contributed by atoms with van der Waals surface area (Å²) in [4.78, 5) is 87.7. The number of aldehydes is 1. The maximum Gasteiger partial charge on any atom is 0.408 e. The summed E-state index contributed by atoms with van der Waals surface area (Å²) < 4.78 is 16.0. The van der Waals surface area contributed by atoms with Gasteiger partial charge in [-0.25, -0.2) is 19.2 Å². The number of β-lactam (4-membered cyclic amide) rings is 1. The molecule has 0 radical (unpaired) electrons. The van der Waals surface area contributed by atoms with Crippen LogP contribution in [0.25, 0.3) is 0 Å². The highest BCUT2D eigenvalue weighted by Gasteiger charge is 2.48. The van der Waals surface area contributed by atoms with Gasteiger partial charge in [0, 0.05) is 12.1 Å². The van der Waals surface area contributed by atoms with Gasteiger partial charge in [0.25, 0.3) is 5.91 Å². The lowest BCUT2D eigenvalue weighted by Gasteiger charge is -2.46. The van der Waals surface area contributed by atoms with Crippen molar-refractivity contribution in [3.63, 3.8) is 0 Å². The van der Waals surface area contributed by atoms with Crippen molar-refractivity contribution in [1.29, 1.82) is 0 Å². The van der Waals surface area contributed by atoms with Crippen LogP contribution in [0.2, 0.25) is 0 Å². The quantitative estimate of drug-likeness (QED) is 0.0734. The summed E-state index contributed by atoms with van der Waals surface area (Å²) in [6, 6.07) is 15.7. The van der Waals surface area contributed by atoms with E-state index in [2.05, 4.69) is 5.32 Å². The molecule has 3 atom stereocenters. The molecule has 0 aliphatic carbocycles. The first-order valence-corrected chi connectivity index (χ1v) is 15.3. The van der Waals surface area contributed by atoms with Crippen molar-refractivity contribution in [2.45, 2.75) is 50.9 Å². The third-order valence-electron chi connectivity index (χ3n) is 7.33. The Balaban J connectivity index is 1.39. The predicted octanol–water partition coefficient (Wildman–Crippen LogP) is 3.22. The molecule has 3 aromatic carbocycles. The SMILES string of the molecule is CC(C)(C)OC(=O)NC(CCOc1ccc(N(C(=O)C=O)C2CN(C(C(=O)O)c3ccc(OC(=O)c4ccccc4)cc3)C2=O)cc1)C(=O)O. The number of likely N-dealkylation sites (tertiary alicyclic amines) is 1. The van der Waals surface area contributed by atoms with E-state index in [-0.39, 0.29) is 48.6 Å². The van der Waals surface area contributed by atoms with Crippen LogP contribution in [0.1, 0.15) is 49.2 Å². The van der Waals surface area contributed by atoms with Gasteiger partial charge < -0.3 is 34.6 Å². The van der Waals surface area contributed by atoms with Gasteiger partial charge in [-0.3, -0.25) is 19.3 Å². The van der Waals surface area contributed by atoms with E-state index in [9.17, 15) is 43.8 Å². The Bertz CT molecular complexity index is 1740. The van der Waals surface area contributed by atoms with Crippen molar-refractivity contribution >= 4 is 47.8 Å². The summed E-state index contributed by atoms with van der Waals surface area (Å²) in [6.45, 7) is 4.58. The minimum atomic E-state index is -1.43. The van der Waals surface area contributed by atoms with Crippen LogP contribution in [0.4, 0.5) is 10.5 Å². The Morgan fingerprint density at radius 3 is 2.08 bits per heavy atom. The molecule has 3 amide bonds. The van der Waals surface area contributed by atoms with Crippen LogP contribution in [-0.2, 0) is 28.7 Å². The highest BCUT2D eigenvalue weighted by molar-refractivity contribution is 6.32. The fourth-order valence-electron chi connectivity index (χ4n) is 4.99. The number of carboxylic acids is 2. The molecular weight excluding hydrogens is 654 g/mol. The van der Waals surface area contributed by atoms with Crippen molar-refractivity contribution < 1.29 is 58.0 Å². The molecule has 50 heavy (non-hydrogen) atoms. The number of alkyl carbamates (subject to hydrolysis) is 1. The highest BCUT2D eigenvalue weighted by Crippen LogP contribution is 2.33. The normalized spacial score (nSPS) is 15.1. The van der Waals surface area contributed by atoms with Gasteiger partial charge in [-0.2, -0.15) is 0 Å². The molecule has 262 valence electrons. The molecule has 1 saturated heterocycles. The summed E-state index contributed by atoms with van der Waals surface area (Å²) >= 11 is 0. The number of nitrogens with one attached hydrogen (secondary N) is 1. The third kappa shape index (κ3) is 9.21. The second-order valence-corrected chi connectivity index (χ2v) is 12.1. The lowest BCUT2D eigenvalue weighted by molar-refractivity contribution is -0.159. The van der Waals surface area contributed by atoms with Crippen molar-refractivity contribution in [3.8, 4) is 11.5 Å². The molecule has 0 spiro atoms. The van der Waals surface area contributed by atoms with Crippen molar-refractivity contribution in [2.75, 3.05) is 18.1 Å². The number of benzene rings is 3. The highest BCUT2D eigenvalue weighted by atomic mass is 16.6. The fourth-order valence-corrected chi connectivity index (χ4v) is 4.99. The molecule has 0 bridgehead atoms. The number of esters is 1. The predicted molar refractivity (Wildman–Crippen MR) is 175 cm³/mol. The van der Waals surface area contributed by atoms with Crippen molar-refractivity contribution in [3.05, 3.63) is 90.0 Å². The topological polar surface area (TPSA) is 206 Å². The zero-order valence-corrected chi connectivity index (χ0v) is 27.3. The molecule has 15 heteroatoms. The molecule has 1 fully saturated rings. The second-order valence-electron chi connectivity index (χ2n) is 12.1. The largest absolute Gasteiger partial charge is 0.493 e. The first-order valence-electron chi connectivity index (χ1n) is 15.3. The number of carbonyl (C=O) groups excluding carboxylic acids is 5. The number of amides is 3. The van der Waals surface area contributed by atoms with Gasteiger partial charge in [0.1, 0.15) is 29.2 Å². The summed E-state index contributed by atoms with van der Waals surface area (Å²) in [5.41, 5.74) is -0.129. The molecule has 1 heterocycles. The van der Waals surface area contributed by atoms with Gasteiger partial charge in [0.2, 0.25) is 12.2 Å². The van der Waals surface area contributed by atoms with Crippen molar-refractivity contribution in [2.24, 2.45) is 0 Å². The summed E-state index contributed by atoms with van der Waals surface area (Å²) in [7, 11) is 0. The number of rotatable bonds is 14. The minimum absolute atomic E-state index is 0.0359. The van der Waals surface area contributed by atoms with E-state index in [1.807, 2.05) is 0 Å². The maximum absolute atomic E-state index is 13.3. The van der Waals surface area contributed by atoms with Gasteiger partial charge in [0.15, 0.2) is 6.04 Å². The molecule has 4 rings (SSSR count). The van der Waals surface area contributed by atoms with Crippen LogP contribution in [0, 0.1) is 0 Å². The zero-order valence-electron chi connectivity index (χ0n) is 27.3. The Morgan fingerprint density at radius 1 is 0.920 bits per heavy atom.